The SMILES string of the molecule is OCCNc1nc([C@@H]2CCOC2)cc(N2C[C@H]3CC=CC[C@H]3C2)n1. The summed E-state index contributed by atoms with van der Waals surface area (Å²) in [5, 5.41) is 12.2. The van der Waals surface area contributed by atoms with Gasteiger partial charge in [-0.1, -0.05) is 12.2 Å². The van der Waals surface area contributed by atoms with E-state index in [1.54, 1.807) is 0 Å². The second-order valence-electron chi connectivity index (χ2n) is 7.05. The minimum atomic E-state index is 0.0784. The minimum Gasteiger partial charge on any atom is -0.395 e. The van der Waals surface area contributed by atoms with Crippen LogP contribution in [0.3, 0.4) is 0 Å². The van der Waals surface area contributed by atoms with E-state index in [0.29, 0.717) is 18.4 Å². The van der Waals surface area contributed by atoms with Crippen LogP contribution in [0, 0.1) is 11.8 Å². The van der Waals surface area contributed by atoms with Crippen LogP contribution in [-0.2, 0) is 4.74 Å². The van der Waals surface area contributed by atoms with Gasteiger partial charge >= 0.3 is 0 Å². The van der Waals surface area contributed by atoms with E-state index in [1.165, 1.54) is 12.8 Å². The molecule has 1 aromatic heterocycles. The largest absolute Gasteiger partial charge is 0.395 e. The lowest BCUT2D eigenvalue weighted by molar-refractivity contribution is 0.193. The molecule has 0 bridgehead atoms. The summed E-state index contributed by atoms with van der Waals surface area (Å²) in [7, 11) is 0. The van der Waals surface area contributed by atoms with Gasteiger partial charge in [0.15, 0.2) is 0 Å². The van der Waals surface area contributed by atoms with Gasteiger partial charge in [-0.3, -0.25) is 0 Å². The number of aliphatic hydroxyl groups excluding tert-OH is 1. The fourth-order valence-corrected chi connectivity index (χ4v) is 4.04. The molecule has 2 fully saturated rings. The molecule has 6 heteroatoms. The van der Waals surface area contributed by atoms with E-state index < -0.39 is 0 Å². The standard InChI is InChI=1S/C18H26N4O2/c23-7-6-19-18-20-16(15-5-8-24-12-15)9-17(21-18)22-10-13-3-1-2-4-14(13)11-22/h1-2,9,13-15,23H,3-8,10-12H2,(H,19,20,21)/t13-,14+,15-/m1/s1. The van der Waals surface area contributed by atoms with Gasteiger partial charge in [-0.25, -0.2) is 4.98 Å². The lowest BCUT2D eigenvalue weighted by atomic mass is 9.86. The molecule has 0 radical (unpaired) electrons. The van der Waals surface area contributed by atoms with Crippen molar-refractivity contribution in [3.05, 3.63) is 23.9 Å². The molecule has 0 unspecified atom stereocenters. The number of ether oxygens (including phenoxy) is 1. The van der Waals surface area contributed by atoms with Crippen LogP contribution in [0.2, 0.25) is 0 Å². The van der Waals surface area contributed by atoms with Gasteiger partial charge in [0.2, 0.25) is 5.95 Å². The van der Waals surface area contributed by atoms with Crippen molar-refractivity contribution >= 4 is 11.8 Å². The maximum Gasteiger partial charge on any atom is 0.224 e. The molecule has 1 aliphatic carbocycles. The van der Waals surface area contributed by atoms with Gasteiger partial charge < -0.3 is 20.1 Å². The maximum absolute atomic E-state index is 9.07. The summed E-state index contributed by atoms with van der Waals surface area (Å²) >= 11 is 0. The zero-order valence-electron chi connectivity index (χ0n) is 14.0. The lowest BCUT2D eigenvalue weighted by Gasteiger charge is -2.20. The molecular formula is C18H26N4O2. The van der Waals surface area contributed by atoms with Crippen molar-refractivity contribution in [2.45, 2.75) is 25.2 Å². The zero-order valence-corrected chi connectivity index (χ0v) is 14.0. The highest BCUT2D eigenvalue weighted by atomic mass is 16.5. The number of aromatic nitrogens is 2. The Hall–Kier alpha value is -1.66. The van der Waals surface area contributed by atoms with Gasteiger partial charge in [-0.05, 0) is 31.1 Å². The Morgan fingerprint density at radius 3 is 2.67 bits per heavy atom. The first-order valence-electron chi connectivity index (χ1n) is 9.05. The van der Waals surface area contributed by atoms with Gasteiger partial charge in [0.25, 0.3) is 0 Å². The molecule has 0 spiro atoms. The molecule has 0 saturated carbocycles. The van der Waals surface area contributed by atoms with Crippen molar-refractivity contribution in [2.75, 3.05) is 49.7 Å². The fraction of sp³-hybridized carbons (Fsp3) is 0.667. The number of hydrogen-bond donors (Lipinski definition) is 2. The third kappa shape index (κ3) is 3.26. The second-order valence-corrected chi connectivity index (χ2v) is 7.05. The van der Waals surface area contributed by atoms with Gasteiger partial charge in [0.05, 0.1) is 18.9 Å². The molecule has 2 saturated heterocycles. The van der Waals surface area contributed by atoms with Crippen LogP contribution in [0.1, 0.15) is 30.9 Å². The molecule has 1 aromatic rings. The lowest BCUT2D eigenvalue weighted by Crippen LogP contribution is -2.23. The van der Waals surface area contributed by atoms with Crippen LogP contribution in [0.15, 0.2) is 18.2 Å². The molecule has 2 aliphatic heterocycles. The van der Waals surface area contributed by atoms with Gasteiger partial charge in [0, 0.05) is 38.2 Å². The first-order valence-corrected chi connectivity index (χ1v) is 9.05. The first-order chi connectivity index (χ1) is 11.8. The zero-order chi connectivity index (χ0) is 16.4. The Morgan fingerprint density at radius 2 is 2.00 bits per heavy atom. The van der Waals surface area contributed by atoms with Crippen molar-refractivity contribution in [2.24, 2.45) is 11.8 Å². The number of allylic oxidation sites excluding steroid dienone is 2. The summed E-state index contributed by atoms with van der Waals surface area (Å²) < 4.78 is 5.53. The van der Waals surface area contributed by atoms with Crippen molar-refractivity contribution in [1.82, 2.24) is 9.97 Å². The number of nitrogens with one attached hydrogen (secondary N) is 1. The highest BCUT2D eigenvalue weighted by molar-refractivity contribution is 5.47. The normalized spacial score (nSPS) is 29.0. The van der Waals surface area contributed by atoms with Crippen LogP contribution < -0.4 is 10.2 Å². The van der Waals surface area contributed by atoms with E-state index in [2.05, 4.69) is 33.4 Å². The highest BCUT2D eigenvalue weighted by Crippen LogP contribution is 2.36. The number of anilines is 2. The Balaban J connectivity index is 1.57. The number of hydrogen-bond acceptors (Lipinski definition) is 6. The quantitative estimate of drug-likeness (QED) is 0.802. The molecule has 0 aromatic carbocycles. The average Bonchev–Trinajstić information content (AvgIpc) is 3.29. The number of nitrogens with zero attached hydrogens (tertiary/aromatic N) is 3. The molecule has 3 heterocycles. The van der Waals surface area contributed by atoms with E-state index in [9.17, 15) is 0 Å². The van der Waals surface area contributed by atoms with E-state index in [4.69, 9.17) is 14.8 Å². The Morgan fingerprint density at radius 1 is 1.21 bits per heavy atom. The summed E-state index contributed by atoms with van der Waals surface area (Å²) in [4.78, 5) is 11.8. The minimum absolute atomic E-state index is 0.0784. The predicted octanol–water partition coefficient (Wildman–Crippen LogP) is 1.79. The molecule has 0 amide bonds. The molecule has 6 nitrogen and oxygen atoms in total. The summed E-state index contributed by atoms with van der Waals surface area (Å²) in [6, 6.07) is 2.15. The average molecular weight is 330 g/mol. The number of aliphatic hydroxyl groups is 1. The molecule has 2 N–H and O–H groups in total. The van der Waals surface area contributed by atoms with E-state index in [1.807, 2.05) is 0 Å². The Kier molecular flexibility index (Phi) is 4.67. The van der Waals surface area contributed by atoms with E-state index in [-0.39, 0.29) is 6.61 Å². The first kappa shape index (κ1) is 15.8. The Labute approximate surface area is 142 Å². The molecule has 24 heavy (non-hydrogen) atoms. The van der Waals surface area contributed by atoms with Gasteiger partial charge in [-0.15, -0.1) is 0 Å². The van der Waals surface area contributed by atoms with Crippen LogP contribution in [0.4, 0.5) is 11.8 Å². The molecular weight excluding hydrogens is 304 g/mol. The molecule has 4 rings (SSSR count). The van der Waals surface area contributed by atoms with Crippen LogP contribution in [0.25, 0.3) is 0 Å². The van der Waals surface area contributed by atoms with E-state index >= 15 is 0 Å². The summed E-state index contributed by atoms with van der Waals surface area (Å²) in [6.45, 7) is 4.25. The molecule has 130 valence electrons. The fourth-order valence-electron chi connectivity index (χ4n) is 4.04. The predicted molar refractivity (Wildman–Crippen MR) is 93.4 cm³/mol. The van der Waals surface area contributed by atoms with Crippen molar-refractivity contribution < 1.29 is 9.84 Å². The van der Waals surface area contributed by atoms with Gasteiger partial charge in [-0.2, -0.15) is 4.98 Å². The third-order valence-corrected chi connectivity index (χ3v) is 5.42. The summed E-state index contributed by atoms with van der Waals surface area (Å²) in [5.74, 6) is 3.49. The topological polar surface area (TPSA) is 70.5 Å². The monoisotopic (exact) mass is 330 g/mol. The highest BCUT2D eigenvalue weighted by Gasteiger charge is 2.34. The smallest absolute Gasteiger partial charge is 0.224 e. The molecule has 3 aliphatic rings. The van der Waals surface area contributed by atoms with Crippen molar-refractivity contribution in [3.63, 3.8) is 0 Å². The Bertz CT molecular complexity index is 585. The summed E-state index contributed by atoms with van der Waals surface area (Å²) in [6.07, 6.45) is 8.03. The van der Waals surface area contributed by atoms with Crippen LogP contribution >= 0.6 is 0 Å². The second kappa shape index (κ2) is 7.07. The molecule has 3 atom stereocenters. The maximum atomic E-state index is 9.07. The van der Waals surface area contributed by atoms with Crippen LogP contribution in [-0.4, -0.2) is 54.5 Å². The van der Waals surface area contributed by atoms with Crippen molar-refractivity contribution in [1.29, 1.82) is 0 Å². The van der Waals surface area contributed by atoms with Gasteiger partial charge in [0.1, 0.15) is 5.82 Å². The number of fused-ring (bicyclic) bond motifs is 1. The summed E-state index contributed by atoms with van der Waals surface area (Å²) in [5.41, 5.74) is 1.06. The van der Waals surface area contributed by atoms with Crippen LogP contribution in [0.5, 0.6) is 0 Å². The van der Waals surface area contributed by atoms with E-state index in [0.717, 1.165) is 56.1 Å². The van der Waals surface area contributed by atoms with Crippen molar-refractivity contribution in [3.8, 4) is 0 Å². The third-order valence-electron chi connectivity index (χ3n) is 5.42. The number of rotatable bonds is 5.